The van der Waals surface area contributed by atoms with Crippen molar-refractivity contribution in [2.75, 3.05) is 11.9 Å². The molecule has 0 saturated heterocycles. The lowest BCUT2D eigenvalue weighted by Gasteiger charge is -2.22. The molecule has 2 aromatic rings. The first-order chi connectivity index (χ1) is 11.5. The number of halogens is 2. The summed E-state index contributed by atoms with van der Waals surface area (Å²) in [4.78, 5) is 14.2. The number of aryl methyl sites for hydroxylation is 1. The Morgan fingerprint density at radius 1 is 1.17 bits per heavy atom. The molecule has 1 N–H and O–H groups in total. The third-order valence-corrected chi connectivity index (χ3v) is 4.14. The zero-order valence-electron chi connectivity index (χ0n) is 13.6. The van der Waals surface area contributed by atoms with Crippen LogP contribution < -0.4 is 5.32 Å². The Labute approximate surface area is 140 Å². The van der Waals surface area contributed by atoms with E-state index >= 15 is 0 Å². The normalized spacial score (nSPS) is 14.0. The largest absolute Gasteiger partial charge is 0.322 e. The summed E-state index contributed by atoms with van der Waals surface area (Å²) >= 11 is 0. The van der Waals surface area contributed by atoms with Gasteiger partial charge in [-0.1, -0.05) is 24.3 Å². The minimum Gasteiger partial charge on any atom is -0.322 e. The van der Waals surface area contributed by atoms with Gasteiger partial charge in [0, 0.05) is 18.2 Å². The molecule has 0 bridgehead atoms. The zero-order chi connectivity index (χ0) is 17.1. The van der Waals surface area contributed by atoms with Crippen molar-refractivity contribution in [1.82, 2.24) is 4.90 Å². The second kappa shape index (κ2) is 7.09. The summed E-state index contributed by atoms with van der Waals surface area (Å²) in [5.41, 5.74) is 1.54. The number of amides is 1. The quantitative estimate of drug-likeness (QED) is 0.872. The smallest absolute Gasteiger partial charge is 0.238 e. The lowest BCUT2D eigenvalue weighted by atomic mass is 10.2. The fraction of sp³-hybridized carbons (Fsp3) is 0.316. The molecule has 1 aliphatic rings. The summed E-state index contributed by atoms with van der Waals surface area (Å²) in [6.45, 7) is 2.28. The number of nitrogens with zero attached hydrogens (tertiary/aromatic N) is 1. The van der Waals surface area contributed by atoms with Crippen LogP contribution in [0.5, 0.6) is 0 Å². The molecule has 24 heavy (non-hydrogen) atoms. The first kappa shape index (κ1) is 16.6. The van der Waals surface area contributed by atoms with E-state index in [4.69, 9.17) is 0 Å². The second-order valence-electron chi connectivity index (χ2n) is 6.26. The molecule has 1 fully saturated rings. The number of hydrogen-bond acceptors (Lipinski definition) is 2. The summed E-state index contributed by atoms with van der Waals surface area (Å²) < 4.78 is 27.7. The second-order valence-corrected chi connectivity index (χ2v) is 6.26. The molecule has 0 radical (unpaired) electrons. The Kier molecular flexibility index (Phi) is 4.90. The molecule has 0 spiro atoms. The molecule has 0 heterocycles. The van der Waals surface area contributed by atoms with Crippen LogP contribution in [-0.4, -0.2) is 23.4 Å². The highest BCUT2D eigenvalue weighted by atomic mass is 19.1. The van der Waals surface area contributed by atoms with E-state index in [1.54, 1.807) is 37.3 Å². The monoisotopic (exact) mass is 330 g/mol. The lowest BCUT2D eigenvalue weighted by molar-refractivity contribution is -0.117. The Morgan fingerprint density at radius 3 is 2.58 bits per heavy atom. The number of carbonyl (C=O) groups excluding carboxylic acids is 1. The third kappa shape index (κ3) is 4.17. The van der Waals surface area contributed by atoms with E-state index in [2.05, 4.69) is 5.32 Å². The molecular formula is C19H20F2N2O. The van der Waals surface area contributed by atoms with Gasteiger partial charge >= 0.3 is 0 Å². The molecule has 3 rings (SSSR count). The van der Waals surface area contributed by atoms with Crippen molar-refractivity contribution in [2.45, 2.75) is 32.4 Å². The lowest BCUT2D eigenvalue weighted by Crippen LogP contribution is -2.34. The maximum absolute atomic E-state index is 13.8. The fourth-order valence-electron chi connectivity index (χ4n) is 2.69. The van der Waals surface area contributed by atoms with Gasteiger partial charge in [0.1, 0.15) is 11.6 Å². The summed E-state index contributed by atoms with van der Waals surface area (Å²) in [6.07, 6.45) is 2.00. The van der Waals surface area contributed by atoms with E-state index in [9.17, 15) is 13.6 Å². The van der Waals surface area contributed by atoms with Crippen LogP contribution in [0.4, 0.5) is 14.5 Å². The Bertz CT molecular complexity index is 744. The fourth-order valence-corrected chi connectivity index (χ4v) is 2.69. The van der Waals surface area contributed by atoms with E-state index < -0.39 is 5.82 Å². The van der Waals surface area contributed by atoms with Crippen LogP contribution in [-0.2, 0) is 11.3 Å². The standard InChI is InChI=1S/C19H20F2N2O/c1-13-6-9-18(17(21)10-13)22-19(24)12-23(15-7-8-15)11-14-4-2-3-5-16(14)20/h2-6,9-10,15H,7-8,11-12H2,1H3,(H,22,24). The number of carbonyl (C=O) groups is 1. The number of anilines is 1. The molecule has 1 amide bonds. The highest BCUT2D eigenvalue weighted by molar-refractivity contribution is 5.92. The zero-order valence-corrected chi connectivity index (χ0v) is 13.6. The first-order valence-corrected chi connectivity index (χ1v) is 8.06. The molecule has 5 heteroatoms. The summed E-state index contributed by atoms with van der Waals surface area (Å²) in [7, 11) is 0. The average molecular weight is 330 g/mol. The topological polar surface area (TPSA) is 32.3 Å². The number of rotatable bonds is 6. The Hall–Kier alpha value is -2.27. The van der Waals surface area contributed by atoms with E-state index in [0.717, 1.165) is 18.4 Å². The van der Waals surface area contributed by atoms with E-state index in [0.29, 0.717) is 18.2 Å². The van der Waals surface area contributed by atoms with Crippen molar-refractivity contribution in [3.05, 3.63) is 65.2 Å². The molecule has 0 aliphatic heterocycles. The van der Waals surface area contributed by atoms with Crippen LogP contribution in [0.25, 0.3) is 0 Å². The van der Waals surface area contributed by atoms with Gasteiger partial charge in [-0.15, -0.1) is 0 Å². The van der Waals surface area contributed by atoms with Gasteiger partial charge in [0.05, 0.1) is 12.2 Å². The Morgan fingerprint density at radius 2 is 1.92 bits per heavy atom. The highest BCUT2D eigenvalue weighted by Gasteiger charge is 2.30. The van der Waals surface area contributed by atoms with Crippen LogP contribution in [0.15, 0.2) is 42.5 Å². The molecule has 0 unspecified atom stereocenters. The molecule has 0 aromatic heterocycles. The molecule has 0 atom stereocenters. The minimum absolute atomic E-state index is 0.117. The SMILES string of the molecule is Cc1ccc(NC(=O)CN(Cc2ccccc2F)C2CC2)c(F)c1. The minimum atomic E-state index is -0.449. The van der Waals surface area contributed by atoms with Crippen LogP contribution in [0.2, 0.25) is 0 Å². The van der Waals surface area contributed by atoms with Gasteiger partial charge < -0.3 is 5.32 Å². The average Bonchev–Trinajstić information content (AvgIpc) is 3.36. The van der Waals surface area contributed by atoms with E-state index in [1.807, 2.05) is 4.90 Å². The van der Waals surface area contributed by atoms with Crippen LogP contribution in [0, 0.1) is 18.6 Å². The van der Waals surface area contributed by atoms with Crippen molar-refractivity contribution in [2.24, 2.45) is 0 Å². The van der Waals surface area contributed by atoms with Crippen LogP contribution in [0.1, 0.15) is 24.0 Å². The van der Waals surface area contributed by atoms with Gasteiger partial charge in [0.15, 0.2) is 0 Å². The number of hydrogen-bond donors (Lipinski definition) is 1. The molecule has 3 nitrogen and oxygen atoms in total. The summed E-state index contributed by atoms with van der Waals surface area (Å²) in [5, 5.41) is 2.60. The number of nitrogens with one attached hydrogen (secondary N) is 1. The van der Waals surface area contributed by atoms with Crippen LogP contribution in [0.3, 0.4) is 0 Å². The molecule has 1 saturated carbocycles. The molecule has 2 aromatic carbocycles. The first-order valence-electron chi connectivity index (χ1n) is 8.06. The summed E-state index contributed by atoms with van der Waals surface area (Å²) in [5.74, 6) is -1.01. The Balaban J connectivity index is 1.65. The van der Waals surface area contributed by atoms with Gasteiger partial charge in [0.25, 0.3) is 0 Å². The van der Waals surface area contributed by atoms with Gasteiger partial charge in [-0.3, -0.25) is 9.69 Å². The third-order valence-electron chi connectivity index (χ3n) is 4.14. The molecular weight excluding hydrogens is 310 g/mol. The molecule has 126 valence electrons. The van der Waals surface area contributed by atoms with E-state index in [1.165, 1.54) is 12.1 Å². The van der Waals surface area contributed by atoms with Gasteiger partial charge in [-0.2, -0.15) is 0 Å². The van der Waals surface area contributed by atoms with Crippen molar-refractivity contribution in [3.63, 3.8) is 0 Å². The van der Waals surface area contributed by atoms with Crippen molar-refractivity contribution in [3.8, 4) is 0 Å². The van der Waals surface area contributed by atoms with Crippen molar-refractivity contribution < 1.29 is 13.6 Å². The molecule has 1 aliphatic carbocycles. The maximum Gasteiger partial charge on any atom is 0.238 e. The summed E-state index contributed by atoms with van der Waals surface area (Å²) in [6, 6.07) is 11.5. The maximum atomic E-state index is 13.8. The van der Waals surface area contributed by atoms with Crippen molar-refractivity contribution in [1.29, 1.82) is 0 Å². The van der Waals surface area contributed by atoms with Crippen LogP contribution >= 0.6 is 0 Å². The predicted octanol–water partition coefficient (Wildman–Crippen LogP) is 3.88. The number of benzene rings is 2. The van der Waals surface area contributed by atoms with Crippen molar-refractivity contribution >= 4 is 11.6 Å². The van der Waals surface area contributed by atoms with Gasteiger partial charge in [-0.25, -0.2) is 8.78 Å². The highest BCUT2D eigenvalue weighted by Crippen LogP contribution is 2.28. The predicted molar refractivity (Wildman–Crippen MR) is 89.6 cm³/mol. The van der Waals surface area contributed by atoms with Gasteiger partial charge in [-0.05, 0) is 43.5 Å². The van der Waals surface area contributed by atoms with E-state index in [-0.39, 0.29) is 24.0 Å². The van der Waals surface area contributed by atoms with Gasteiger partial charge in [0.2, 0.25) is 5.91 Å².